The molecule has 4 rings (SSSR count). The standard InChI is InChI=1S/C20H22ClNO3S2/c1-11-4-3-5-16(12(11)2)22-20(23)17-8-13-10-27(24,25)18-9-14(21)6-7-15(18)19(13)26-17/h6-9,11-12,16H,3-5,10H2,1-2H3,(H,22,23)/t11-,12-,16+/m1/s1. The van der Waals surface area contributed by atoms with Gasteiger partial charge in [-0.1, -0.05) is 44.4 Å². The van der Waals surface area contributed by atoms with Crippen LogP contribution in [-0.4, -0.2) is 20.4 Å². The van der Waals surface area contributed by atoms with Crippen molar-refractivity contribution in [1.82, 2.24) is 5.32 Å². The number of halogens is 1. The Labute approximate surface area is 168 Å². The van der Waals surface area contributed by atoms with Crippen LogP contribution < -0.4 is 5.32 Å². The van der Waals surface area contributed by atoms with Crippen molar-refractivity contribution >= 4 is 38.7 Å². The summed E-state index contributed by atoms with van der Waals surface area (Å²) in [7, 11) is -3.44. The first kappa shape index (κ1) is 19.0. The Morgan fingerprint density at radius 2 is 2.00 bits per heavy atom. The van der Waals surface area contributed by atoms with E-state index in [1.54, 1.807) is 18.2 Å². The summed E-state index contributed by atoms with van der Waals surface area (Å²) < 4.78 is 25.2. The van der Waals surface area contributed by atoms with E-state index in [0.717, 1.165) is 17.7 Å². The molecule has 1 amide bonds. The zero-order valence-electron chi connectivity index (χ0n) is 15.3. The number of nitrogens with one attached hydrogen (secondary N) is 1. The maximum Gasteiger partial charge on any atom is 0.261 e. The fourth-order valence-electron chi connectivity index (χ4n) is 4.12. The number of sulfone groups is 1. The quantitative estimate of drug-likeness (QED) is 0.746. The molecule has 1 fully saturated rings. The molecule has 3 atom stereocenters. The summed E-state index contributed by atoms with van der Waals surface area (Å²) in [6.45, 7) is 4.43. The topological polar surface area (TPSA) is 63.2 Å². The molecule has 1 aliphatic carbocycles. The summed E-state index contributed by atoms with van der Waals surface area (Å²) in [6.07, 6.45) is 3.33. The van der Waals surface area contributed by atoms with Crippen LogP contribution in [0.3, 0.4) is 0 Å². The van der Waals surface area contributed by atoms with Crippen molar-refractivity contribution in [3.05, 3.63) is 39.7 Å². The van der Waals surface area contributed by atoms with Gasteiger partial charge in [-0.25, -0.2) is 8.42 Å². The Hall–Kier alpha value is -1.37. The van der Waals surface area contributed by atoms with Gasteiger partial charge in [0, 0.05) is 21.5 Å². The smallest absolute Gasteiger partial charge is 0.261 e. The Bertz CT molecular complexity index is 1010. The van der Waals surface area contributed by atoms with Gasteiger partial charge in [0.15, 0.2) is 9.84 Å². The maximum atomic E-state index is 12.8. The second kappa shape index (κ2) is 6.90. The van der Waals surface area contributed by atoms with Crippen LogP contribution in [0.15, 0.2) is 29.2 Å². The van der Waals surface area contributed by atoms with Crippen LogP contribution in [0.4, 0.5) is 0 Å². The van der Waals surface area contributed by atoms with E-state index in [9.17, 15) is 13.2 Å². The highest BCUT2D eigenvalue weighted by Crippen LogP contribution is 2.43. The average Bonchev–Trinajstić information content (AvgIpc) is 3.02. The Balaban J connectivity index is 1.65. The number of carbonyl (C=O) groups is 1. The third kappa shape index (κ3) is 3.43. The summed E-state index contributed by atoms with van der Waals surface area (Å²) in [5.41, 5.74) is 1.34. The molecule has 0 bridgehead atoms. The highest BCUT2D eigenvalue weighted by atomic mass is 35.5. The monoisotopic (exact) mass is 423 g/mol. The van der Waals surface area contributed by atoms with Gasteiger partial charge in [0.05, 0.1) is 15.5 Å². The third-order valence-electron chi connectivity index (χ3n) is 5.92. The Morgan fingerprint density at radius 3 is 2.78 bits per heavy atom. The highest BCUT2D eigenvalue weighted by molar-refractivity contribution is 7.91. The molecule has 7 heteroatoms. The van der Waals surface area contributed by atoms with Crippen molar-refractivity contribution in [3.63, 3.8) is 0 Å². The average molecular weight is 424 g/mol. The molecule has 0 unspecified atom stereocenters. The first-order valence-electron chi connectivity index (χ1n) is 9.22. The van der Waals surface area contributed by atoms with Gasteiger partial charge in [-0.05, 0) is 42.0 Å². The summed E-state index contributed by atoms with van der Waals surface area (Å²) >= 11 is 7.36. The highest BCUT2D eigenvalue weighted by Gasteiger charge is 2.32. The Morgan fingerprint density at radius 1 is 1.22 bits per heavy atom. The van der Waals surface area contributed by atoms with E-state index in [0.29, 0.717) is 32.9 Å². The Kier molecular flexibility index (Phi) is 4.85. The predicted molar refractivity (Wildman–Crippen MR) is 109 cm³/mol. The van der Waals surface area contributed by atoms with Crippen LogP contribution in [0, 0.1) is 11.8 Å². The lowest BCUT2D eigenvalue weighted by Gasteiger charge is -2.34. The molecule has 2 heterocycles. The molecule has 1 N–H and O–H groups in total. The molecule has 0 radical (unpaired) electrons. The van der Waals surface area contributed by atoms with Crippen molar-refractivity contribution in [2.45, 2.75) is 49.8 Å². The summed E-state index contributed by atoms with van der Waals surface area (Å²) in [5, 5.41) is 3.58. The van der Waals surface area contributed by atoms with Crippen molar-refractivity contribution in [3.8, 4) is 10.4 Å². The van der Waals surface area contributed by atoms with E-state index in [4.69, 9.17) is 11.6 Å². The van der Waals surface area contributed by atoms with Gasteiger partial charge in [-0.15, -0.1) is 11.3 Å². The first-order valence-corrected chi connectivity index (χ1v) is 12.1. The van der Waals surface area contributed by atoms with E-state index in [1.165, 1.54) is 23.8 Å². The predicted octanol–water partition coefficient (Wildman–Crippen LogP) is 4.91. The molecule has 2 aliphatic rings. The van der Waals surface area contributed by atoms with Gasteiger partial charge in [0.1, 0.15) is 0 Å². The van der Waals surface area contributed by atoms with E-state index in [-0.39, 0.29) is 22.6 Å². The lowest BCUT2D eigenvalue weighted by molar-refractivity contribution is 0.0895. The molecule has 0 saturated heterocycles. The summed E-state index contributed by atoms with van der Waals surface area (Å²) in [4.78, 5) is 14.5. The number of benzene rings is 1. The van der Waals surface area contributed by atoms with Gasteiger partial charge in [-0.3, -0.25) is 4.79 Å². The van der Waals surface area contributed by atoms with E-state index in [1.807, 2.05) is 0 Å². The van der Waals surface area contributed by atoms with Crippen LogP contribution in [0.25, 0.3) is 10.4 Å². The fourth-order valence-corrected chi connectivity index (χ4v) is 7.24. The zero-order chi connectivity index (χ0) is 19.3. The molecular weight excluding hydrogens is 402 g/mol. The molecule has 1 saturated carbocycles. The van der Waals surface area contributed by atoms with Gasteiger partial charge >= 0.3 is 0 Å². The summed E-state index contributed by atoms with van der Waals surface area (Å²) in [5.74, 6) is 0.854. The van der Waals surface area contributed by atoms with Crippen molar-refractivity contribution in [1.29, 1.82) is 0 Å². The largest absolute Gasteiger partial charge is 0.348 e. The molecule has 1 aromatic carbocycles. The minimum atomic E-state index is -3.44. The number of rotatable bonds is 2. The van der Waals surface area contributed by atoms with Gasteiger partial charge in [-0.2, -0.15) is 0 Å². The third-order valence-corrected chi connectivity index (χ3v) is 9.07. The van der Waals surface area contributed by atoms with E-state index < -0.39 is 9.84 Å². The number of amides is 1. The van der Waals surface area contributed by atoms with Gasteiger partial charge in [0.25, 0.3) is 5.91 Å². The lowest BCUT2D eigenvalue weighted by atomic mass is 9.78. The number of carbonyl (C=O) groups excluding carboxylic acids is 1. The van der Waals surface area contributed by atoms with Crippen LogP contribution in [0.1, 0.15) is 48.3 Å². The number of hydrogen-bond acceptors (Lipinski definition) is 4. The molecular formula is C20H22ClNO3S2. The molecule has 27 heavy (non-hydrogen) atoms. The van der Waals surface area contributed by atoms with Crippen LogP contribution in [-0.2, 0) is 15.6 Å². The van der Waals surface area contributed by atoms with Crippen LogP contribution in [0.2, 0.25) is 5.02 Å². The van der Waals surface area contributed by atoms with Crippen LogP contribution in [0.5, 0.6) is 0 Å². The molecule has 1 aromatic heterocycles. The van der Waals surface area contributed by atoms with E-state index in [2.05, 4.69) is 19.2 Å². The number of hydrogen-bond donors (Lipinski definition) is 1. The molecule has 1 aliphatic heterocycles. The maximum absolute atomic E-state index is 12.8. The van der Waals surface area contributed by atoms with Crippen LogP contribution >= 0.6 is 22.9 Å². The second-order valence-electron chi connectivity index (χ2n) is 7.71. The molecule has 4 nitrogen and oxygen atoms in total. The second-order valence-corrected chi connectivity index (χ2v) is 11.2. The van der Waals surface area contributed by atoms with Crippen molar-refractivity contribution in [2.75, 3.05) is 0 Å². The van der Waals surface area contributed by atoms with Gasteiger partial charge in [0.2, 0.25) is 0 Å². The normalized spacial score (nSPS) is 26.1. The molecule has 0 spiro atoms. The lowest BCUT2D eigenvalue weighted by Crippen LogP contribution is -2.43. The summed E-state index contributed by atoms with van der Waals surface area (Å²) in [6, 6.07) is 6.84. The van der Waals surface area contributed by atoms with Gasteiger partial charge < -0.3 is 5.32 Å². The molecule has 144 valence electrons. The minimum Gasteiger partial charge on any atom is -0.348 e. The minimum absolute atomic E-state index is 0.0870. The van der Waals surface area contributed by atoms with Crippen molar-refractivity contribution in [2.24, 2.45) is 11.8 Å². The number of thiophene rings is 1. The zero-order valence-corrected chi connectivity index (χ0v) is 17.7. The fraction of sp³-hybridized carbons (Fsp3) is 0.450. The SMILES string of the molecule is C[C@@H]1[C@H](C)CCC[C@@H]1NC(=O)c1cc2c(s1)-c1ccc(Cl)cc1S(=O)(=O)C2. The number of fused-ring (bicyclic) bond motifs is 3. The first-order chi connectivity index (χ1) is 12.8. The van der Waals surface area contributed by atoms with E-state index >= 15 is 0 Å². The molecule has 2 aromatic rings. The van der Waals surface area contributed by atoms with Crippen molar-refractivity contribution < 1.29 is 13.2 Å².